The van der Waals surface area contributed by atoms with Crippen molar-refractivity contribution in [2.45, 2.75) is 26.3 Å². The minimum atomic E-state index is -4.92. The molecule has 0 aliphatic rings. The zero-order valence-electron chi connectivity index (χ0n) is 9.38. The molecule has 0 heterocycles. The highest BCUT2D eigenvalue weighted by atomic mass is 19.4. The van der Waals surface area contributed by atoms with E-state index < -0.39 is 24.0 Å². The predicted molar refractivity (Wildman–Crippen MR) is 54.8 cm³/mol. The van der Waals surface area contributed by atoms with Gasteiger partial charge in [0.2, 0.25) is 0 Å². The van der Waals surface area contributed by atoms with E-state index >= 15 is 0 Å². The van der Waals surface area contributed by atoms with Crippen LogP contribution in [0.3, 0.4) is 0 Å². The van der Waals surface area contributed by atoms with Crippen LogP contribution in [0.4, 0.5) is 17.6 Å². The van der Waals surface area contributed by atoms with Gasteiger partial charge in [0.15, 0.2) is 11.6 Å². The Kier molecular flexibility index (Phi) is 3.98. The lowest BCUT2D eigenvalue weighted by Crippen LogP contribution is -2.21. The number of benzene rings is 1. The number of hydrogen-bond donors (Lipinski definition) is 1. The molecule has 0 bridgehead atoms. The van der Waals surface area contributed by atoms with Gasteiger partial charge in [-0.15, -0.1) is 13.2 Å². The molecule has 1 atom stereocenters. The molecule has 1 aromatic carbocycles. The highest BCUT2D eigenvalue weighted by molar-refractivity contribution is 5.33. The minimum absolute atomic E-state index is 0.0155. The van der Waals surface area contributed by atoms with E-state index in [1.165, 1.54) is 12.1 Å². The van der Waals surface area contributed by atoms with Crippen LogP contribution in [-0.4, -0.2) is 6.36 Å². The third kappa shape index (κ3) is 3.59. The van der Waals surface area contributed by atoms with Gasteiger partial charge in [0.05, 0.1) is 0 Å². The molecule has 1 unspecified atom stereocenters. The lowest BCUT2D eigenvalue weighted by Gasteiger charge is -2.18. The van der Waals surface area contributed by atoms with Gasteiger partial charge in [-0.25, -0.2) is 4.39 Å². The third-order valence-corrected chi connectivity index (χ3v) is 2.30. The Balaban J connectivity index is 3.07. The molecule has 2 N–H and O–H groups in total. The van der Waals surface area contributed by atoms with Crippen molar-refractivity contribution < 1.29 is 22.3 Å². The second kappa shape index (κ2) is 4.91. The summed E-state index contributed by atoms with van der Waals surface area (Å²) in [5.74, 6) is -2.01. The van der Waals surface area contributed by atoms with Gasteiger partial charge in [0.25, 0.3) is 0 Å². The van der Waals surface area contributed by atoms with Crippen LogP contribution in [0.2, 0.25) is 0 Å². The molecule has 0 saturated heterocycles. The molecule has 0 spiro atoms. The Morgan fingerprint density at radius 2 is 1.82 bits per heavy atom. The van der Waals surface area contributed by atoms with E-state index in [2.05, 4.69) is 4.74 Å². The molecule has 1 aromatic rings. The number of nitrogens with two attached hydrogens (primary N) is 1. The molecule has 96 valence electrons. The molecule has 0 amide bonds. The van der Waals surface area contributed by atoms with Crippen LogP contribution < -0.4 is 10.5 Å². The minimum Gasteiger partial charge on any atom is -0.403 e. The van der Waals surface area contributed by atoms with Crippen LogP contribution in [0.25, 0.3) is 0 Å². The van der Waals surface area contributed by atoms with E-state index in [-0.39, 0.29) is 11.5 Å². The summed E-state index contributed by atoms with van der Waals surface area (Å²) in [6.07, 6.45) is -4.92. The standard InChI is InChI=1S/C11H13F4NO/c1-6(2)10(16)7-4-3-5-8(9(7)12)17-11(13,14)15/h3-6,10H,16H2,1-2H3. The van der Waals surface area contributed by atoms with Crippen LogP contribution in [0, 0.1) is 11.7 Å². The molecule has 0 radical (unpaired) electrons. The molecule has 1 rings (SSSR count). The molecule has 6 heteroatoms. The lowest BCUT2D eigenvalue weighted by molar-refractivity contribution is -0.275. The topological polar surface area (TPSA) is 35.2 Å². The first kappa shape index (κ1) is 13.8. The van der Waals surface area contributed by atoms with Gasteiger partial charge in [-0.05, 0) is 12.0 Å². The second-order valence-corrected chi connectivity index (χ2v) is 3.98. The summed E-state index contributed by atoms with van der Waals surface area (Å²) in [6.45, 7) is 3.50. The average Bonchev–Trinajstić information content (AvgIpc) is 2.18. The normalized spacial score (nSPS) is 13.9. The Labute approximate surface area is 96.4 Å². The van der Waals surface area contributed by atoms with Gasteiger partial charge < -0.3 is 10.5 Å². The molecule has 0 fully saturated rings. The van der Waals surface area contributed by atoms with Crippen molar-refractivity contribution in [3.05, 3.63) is 29.6 Å². The van der Waals surface area contributed by atoms with Crippen molar-refractivity contribution in [3.63, 3.8) is 0 Å². The van der Waals surface area contributed by atoms with Gasteiger partial charge in [-0.2, -0.15) is 0 Å². The van der Waals surface area contributed by atoms with E-state index in [1.54, 1.807) is 13.8 Å². The number of hydrogen-bond acceptors (Lipinski definition) is 2. The second-order valence-electron chi connectivity index (χ2n) is 3.98. The first-order valence-electron chi connectivity index (χ1n) is 5.02. The third-order valence-electron chi connectivity index (χ3n) is 2.30. The highest BCUT2D eigenvalue weighted by Crippen LogP contribution is 2.31. The van der Waals surface area contributed by atoms with Crippen LogP contribution in [0.1, 0.15) is 25.5 Å². The van der Waals surface area contributed by atoms with Crippen molar-refractivity contribution in [2.24, 2.45) is 11.7 Å². The van der Waals surface area contributed by atoms with Gasteiger partial charge in [-0.1, -0.05) is 26.0 Å². The number of rotatable bonds is 3. The van der Waals surface area contributed by atoms with Gasteiger partial charge in [0, 0.05) is 11.6 Å². The molecule has 0 aliphatic heterocycles. The van der Waals surface area contributed by atoms with Gasteiger partial charge >= 0.3 is 6.36 Å². The van der Waals surface area contributed by atoms with E-state index in [9.17, 15) is 17.6 Å². The number of ether oxygens (including phenoxy) is 1. The molecule has 0 aromatic heterocycles. The zero-order chi connectivity index (χ0) is 13.2. The maximum atomic E-state index is 13.7. The van der Waals surface area contributed by atoms with Crippen molar-refractivity contribution in [1.82, 2.24) is 0 Å². The first-order valence-corrected chi connectivity index (χ1v) is 5.02. The van der Waals surface area contributed by atoms with Crippen LogP contribution in [0.15, 0.2) is 18.2 Å². The molecular formula is C11H13F4NO. The highest BCUT2D eigenvalue weighted by Gasteiger charge is 2.33. The summed E-state index contributed by atoms with van der Waals surface area (Å²) in [6, 6.07) is 2.87. The van der Waals surface area contributed by atoms with E-state index in [0.29, 0.717) is 0 Å². The van der Waals surface area contributed by atoms with Crippen LogP contribution in [-0.2, 0) is 0 Å². The Bertz CT molecular complexity index is 390. The Hall–Kier alpha value is -1.30. The van der Waals surface area contributed by atoms with Crippen molar-refractivity contribution in [1.29, 1.82) is 0 Å². The smallest absolute Gasteiger partial charge is 0.403 e. The molecule has 17 heavy (non-hydrogen) atoms. The van der Waals surface area contributed by atoms with E-state index in [0.717, 1.165) is 6.07 Å². The maximum absolute atomic E-state index is 13.7. The quantitative estimate of drug-likeness (QED) is 0.836. The number of halogens is 4. The van der Waals surface area contributed by atoms with Gasteiger partial charge in [-0.3, -0.25) is 0 Å². The molecule has 0 aliphatic carbocycles. The first-order chi connectivity index (χ1) is 7.72. The van der Waals surface area contributed by atoms with Crippen molar-refractivity contribution in [3.8, 4) is 5.75 Å². The summed E-state index contributed by atoms with van der Waals surface area (Å²) in [7, 11) is 0. The fourth-order valence-corrected chi connectivity index (χ4v) is 1.35. The fraction of sp³-hybridized carbons (Fsp3) is 0.455. The van der Waals surface area contributed by atoms with E-state index in [1.807, 2.05) is 0 Å². The summed E-state index contributed by atoms with van der Waals surface area (Å²) >= 11 is 0. The monoisotopic (exact) mass is 251 g/mol. The largest absolute Gasteiger partial charge is 0.573 e. The predicted octanol–water partition coefficient (Wildman–Crippen LogP) is 3.38. The Morgan fingerprint density at radius 3 is 2.29 bits per heavy atom. The van der Waals surface area contributed by atoms with Crippen molar-refractivity contribution in [2.75, 3.05) is 0 Å². The molecular weight excluding hydrogens is 238 g/mol. The maximum Gasteiger partial charge on any atom is 0.573 e. The summed E-state index contributed by atoms with van der Waals surface area (Å²) in [5.41, 5.74) is 5.71. The number of alkyl halides is 3. The SMILES string of the molecule is CC(C)C(N)c1cccc(OC(F)(F)F)c1F. The molecule has 2 nitrogen and oxygen atoms in total. The van der Waals surface area contributed by atoms with E-state index in [4.69, 9.17) is 5.73 Å². The molecule has 0 saturated carbocycles. The van der Waals surface area contributed by atoms with Crippen molar-refractivity contribution >= 4 is 0 Å². The fourth-order valence-electron chi connectivity index (χ4n) is 1.35. The van der Waals surface area contributed by atoms with Crippen LogP contribution in [0.5, 0.6) is 5.75 Å². The van der Waals surface area contributed by atoms with Crippen LogP contribution >= 0.6 is 0 Å². The summed E-state index contributed by atoms with van der Waals surface area (Å²) in [4.78, 5) is 0. The Morgan fingerprint density at radius 1 is 1.24 bits per heavy atom. The summed E-state index contributed by atoms with van der Waals surface area (Å²) < 4.78 is 53.3. The summed E-state index contributed by atoms with van der Waals surface area (Å²) in [5, 5.41) is 0. The average molecular weight is 251 g/mol. The zero-order valence-corrected chi connectivity index (χ0v) is 9.38. The van der Waals surface area contributed by atoms with Gasteiger partial charge in [0.1, 0.15) is 0 Å². The lowest BCUT2D eigenvalue weighted by atomic mass is 9.96.